The summed E-state index contributed by atoms with van der Waals surface area (Å²) in [7, 11) is 0. The number of benzene rings is 1. The van der Waals surface area contributed by atoms with E-state index in [0.29, 0.717) is 90.4 Å². The fraction of sp³-hybridized carbons (Fsp3) is 0.727. The van der Waals surface area contributed by atoms with Gasteiger partial charge < -0.3 is 34.3 Å². The molecule has 1 aromatic rings. The standard InChI is InChI=1S/C22H38N2O7/c1-19(27)20-2-3-21-22(18-20)31-15-9-24(5-11-26)7-13-29-17-16-28-12-6-23(4-10-25)8-14-30-21/h2-3,18-19,25-27H,4-17H2,1H3. The quantitative estimate of drug-likeness (QED) is 0.587. The number of rotatable bonds is 5. The molecule has 0 spiro atoms. The van der Waals surface area contributed by atoms with Crippen molar-refractivity contribution in [1.82, 2.24) is 9.80 Å². The second kappa shape index (κ2) is 15.4. The van der Waals surface area contributed by atoms with Gasteiger partial charge in [0.2, 0.25) is 0 Å². The third-order valence-corrected chi connectivity index (χ3v) is 5.09. The Hall–Kier alpha value is -1.46. The Bertz CT molecular complexity index is 603. The number of aliphatic hydroxyl groups is 3. The van der Waals surface area contributed by atoms with E-state index >= 15 is 0 Å². The molecule has 1 aliphatic rings. The number of ether oxygens (including phenoxy) is 4. The first kappa shape index (κ1) is 25.8. The van der Waals surface area contributed by atoms with Crippen LogP contribution in [-0.2, 0) is 9.47 Å². The Labute approximate surface area is 185 Å². The van der Waals surface area contributed by atoms with E-state index < -0.39 is 6.10 Å². The van der Waals surface area contributed by atoms with Gasteiger partial charge in [-0.15, -0.1) is 0 Å². The van der Waals surface area contributed by atoms with Crippen LogP contribution < -0.4 is 9.47 Å². The number of aliphatic hydroxyl groups excluding tert-OH is 3. The van der Waals surface area contributed by atoms with Crippen molar-refractivity contribution < 1.29 is 34.3 Å². The Morgan fingerprint density at radius 3 is 1.81 bits per heavy atom. The summed E-state index contributed by atoms with van der Waals surface area (Å²) in [6.07, 6.45) is -0.606. The molecule has 1 aromatic carbocycles. The molecule has 2 rings (SSSR count). The summed E-state index contributed by atoms with van der Waals surface area (Å²) >= 11 is 0. The van der Waals surface area contributed by atoms with Crippen molar-refractivity contribution in [3.8, 4) is 11.5 Å². The molecule has 0 saturated carbocycles. The first-order valence-corrected chi connectivity index (χ1v) is 11.0. The van der Waals surface area contributed by atoms with E-state index in [1.165, 1.54) is 0 Å². The largest absolute Gasteiger partial charge is 0.488 e. The molecule has 0 saturated heterocycles. The van der Waals surface area contributed by atoms with Gasteiger partial charge in [-0.25, -0.2) is 0 Å². The summed E-state index contributed by atoms with van der Waals surface area (Å²) in [4.78, 5) is 4.16. The minimum atomic E-state index is -0.606. The highest BCUT2D eigenvalue weighted by Crippen LogP contribution is 2.30. The summed E-state index contributed by atoms with van der Waals surface area (Å²) in [5.74, 6) is 1.19. The van der Waals surface area contributed by atoms with Crippen LogP contribution in [-0.4, -0.2) is 117 Å². The van der Waals surface area contributed by atoms with Crippen molar-refractivity contribution in [2.45, 2.75) is 13.0 Å². The number of fused-ring (bicyclic) bond motifs is 1. The van der Waals surface area contributed by atoms with Crippen LogP contribution in [0.2, 0.25) is 0 Å². The number of nitrogens with zero attached hydrogens (tertiary/aromatic N) is 2. The third kappa shape index (κ3) is 10.1. The van der Waals surface area contributed by atoms with Gasteiger partial charge in [-0.05, 0) is 24.6 Å². The topological polar surface area (TPSA) is 104 Å². The molecule has 9 nitrogen and oxygen atoms in total. The lowest BCUT2D eigenvalue weighted by atomic mass is 10.1. The maximum absolute atomic E-state index is 9.93. The van der Waals surface area contributed by atoms with Gasteiger partial charge in [0, 0.05) is 39.3 Å². The second-order valence-electron chi connectivity index (χ2n) is 7.43. The maximum Gasteiger partial charge on any atom is 0.161 e. The lowest BCUT2D eigenvalue weighted by Gasteiger charge is -2.24. The Balaban J connectivity index is 2.07. The van der Waals surface area contributed by atoms with Gasteiger partial charge in [0.1, 0.15) is 13.2 Å². The van der Waals surface area contributed by atoms with Gasteiger partial charge in [-0.2, -0.15) is 0 Å². The molecule has 1 atom stereocenters. The third-order valence-electron chi connectivity index (χ3n) is 5.09. The van der Waals surface area contributed by atoms with Crippen molar-refractivity contribution in [3.05, 3.63) is 23.8 Å². The van der Waals surface area contributed by atoms with Crippen LogP contribution in [0.1, 0.15) is 18.6 Å². The zero-order chi connectivity index (χ0) is 22.3. The fourth-order valence-electron chi connectivity index (χ4n) is 3.25. The van der Waals surface area contributed by atoms with Gasteiger partial charge in [0.15, 0.2) is 11.5 Å². The van der Waals surface area contributed by atoms with E-state index in [2.05, 4.69) is 9.80 Å². The summed E-state index contributed by atoms with van der Waals surface area (Å²) in [5, 5.41) is 28.6. The van der Waals surface area contributed by atoms with Crippen LogP contribution in [0.4, 0.5) is 0 Å². The first-order chi connectivity index (χ1) is 15.1. The first-order valence-electron chi connectivity index (χ1n) is 11.0. The molecular weight excluding hydrogens is 404 g/mol. The van der Waals surface area contributed by atoms with Gasteiger partial charge >= 0.3 is 0 Å². The number of hydrogen-bond donors (Lipinski definition) is 3. The zero-order valence-corrected chi connectivity index (χ0v) is 18.6. The Morgan fingerprint density at radius 2 is 1.29 bits per heavy atom. The molecule has 0 bridgehead atoms. The van der Waals surface area contributed by atoms with E-state index in [4.69, 9.17) is 18.9 Å². The molecule has 1 unspecified atom stereocenters. The lowest BCUT2D eigenvalue weighted by Crippen LogP contribution is -2.35. The number of β-amino-alcohol motifs (C(OH)–C–C–N with tert-alkyl or cyclic N) is 2. The monoisotopic (exact) mass is 442 g/mol. The Kier molecular flexibility index (Phi) is 12.8. The SMILES string of the molecule is CC(O)c1ccc2c(c1)OCCN(CCO)CCOCCOCCN(CCO)CCO2. The van der Waals surface area contributed by atoms with Crippen molar-refractivity contribution in [3.63, 3.8) is 0 Å². The molecule has 31 heavy (non-hydrogen) atoms. The highest BCUT2D eigenvalue weighted by Gasteiger charge is 2.13. The highest BCUT2D eigenvalue weighted by molar-refractivity contribution is 5.43. The van der Waals surface area contributed by atoms with E-state index in [1.807, 2.05) is 12.1 Å². The molecule has 1 aliphatic heterocycles. The van der Waals surface area contributed by atoms with Crippen molar-refractivity contribution in [2.75, 3.05) is 92.1 Å². The van der Waals surface area contributed by atoms with Crippen molar-refractivity contribution >= 4 is 0 Å². The van der Waals surface area contributed by atoms with E-state index in [0.717, 1.165) is 5.56 Å². The number of hydrogen-bond acceptors (Lipinski definition) is 9. The minimum absolute atomic E-state index is 0.0688. The predicted octanol–water partition coefficient (Wildman–Crippen LogP) is 0.133. The molecular formula is C22H38N2O7. The average molecular weight is 443 g/mol. The molecule has 9 heteroatoms. The summed E-state index contributed by atoms with van der Waals surface area (Å²) in [5.41, 5.74) is 0.754. The molecule has 0 radical (unpaired) electrons. The summed E-state index contributed by atoms with van der Waals surface area (Å²) < 4.78 is 23.2. The highest BCUT2D eigenvalue weighted by atomic mass is 16.5. The molecule has 0 amide bonds. The van der Waals surface area contributed by atoms with Crippen molar-refractivity contribution in [1.29, 1.82) is 0 Å². The Morgan fingerprint density at radius 1 is 0.774 bits per heavy atom. The van der Waals surface area contributed by atoms with Gasteiger partial charge in [-0.3, -0.25) is 9.80 Å². The van der Waals surface area contributed by atoms with Crippen LogP contribution in [0.5, 0.6) is 11.5 Å². The molecule has 0 fully saturated rings. The second-order valence-corrected chi connectivity index (χ2v) is 7.43. The smallest absolute Gasteiger partial charge is 0.161 e. The van der Waals surface area contributed by atoms with Gasteiger partial charge in [-0.1, -0.05) is 6.07 Å². The van der Waals surface area contributed by atoms with Crippen LogP contribution in [0.15, 0.2) is 18.2 Å². The maximum atomic E-state index is 9.93. The zero-order valence-electron chi connectivity index (χ0n) is 18.6. The molecule has 3 N–H and O–H groups in total. The lowest BCUT2D eigenvalue weighted by molar-refractivity contribution is 0.0257. The van der Waals surface area contributed by atoms with Crippen LogP contribution in [0.3, 0.4) is 0 Å². The van der Waals surface area contributed by atoms with E-state index in [1.54, 1.807) is 13.0 Å². The van der Waals surface area contributed by atoms with Gasteiger partial charge in [0.25, 0.3) is 0 Å². The molecule has 1 heterocycles. The molecule has 178 valence electrons. The predicted molar refractivity (Wildman–Crippen MR) is 117 cm³/mol. The molecule has 0 aliphatic carbocycles. The van der Waals surface area contributed by atoms with E-state index in [9.17, 15) is 15.3 Å². The summed E-state index contributed by atoms with van der Waals surface area (Å²) in [6, 6.07) is 5.44. The normalized spacial score (nSPS) is 20.0. The fourth-order valence-corrected chi connectivity index (χ4v) is 3.25. The average Bonchev–Trinajstić information content (AvgIpc) is 2.75. The summed E-state index contributed by atoms with van der Waals surface area (Å²) in [6.45, 7) is 8.58. The van der Waals surface area contributed by atoms with E-state index in [-0.39, 0.29) is 13.2 Å². The van der Waals surface area contributed by atoms with Crippen LogP contribution in [0, 0.1) is 0 Å². The molecule has 0 aromatic heterocycles. The van der Waals surface area contributed by atoms with Crippen LogP contribution in [0.25, 0.3) is 0 Å². The van der Waals surface area contributed by atoms with Gasteiger partial charge in [0.05, 0.1) is 45.7 Å². The minimum Gasteiger partial charge on any atom is -0.488 e. The van der Waals surface area contributed by atoms with Crippen LogP contribution >= 0.6 is 0 Å². The van der Waals surface area contributed by atoms with Crippen molar-refractivity contribution in [2.24, 2.45) is 0 Å².